The lowest BCUT2D eigenvalue weighted by Crippen LogP contribution is -2.48. The van der Waals surface area contributed by atoms with Crippen LogP contribution in [0.3, 0.4) is 0 Å². The first kappa shape index (κ1) is 18.4. The van der Waals surface area contributed by atoms with Crippen molar-refractivity contribution in [1.29, 1.82) is 0 Å². The van der Waals surface area contributed by atoms with Gasteiger partial charge in [-0.15, -0.1) is 0 Å². The smallest absolute Gasteiger partial charge is 0.253 e. The molecule has 144 valence electrons. The Morgan fingerprint density at radius 1 is 0.929 bits per heavy atom. The van der Waals surface area contributed by atoms with E-state index >= 15 is 0 Å². The van der Waals surface area contributed by atoms with Crippen LogP contribution in [0.2, 0.25) is 0 Å². The third kappa shape index (κ3) is 4.12. The summed E-state index contributed by atoms with van der Waals surface area (Å²) in [6, 6.07) is 15.8. The lowest BCUT2D eigenvalue weighted by atomic mass is 10.1. The van der Waals surface area contributed by atoms with Gasteiger partial charge in [-0.25, -0.2) is 0 Å². The fourth-order valence-corrected chi connectivity index (χ4v) is 3.32. The Balaban J connectivity index is 1.33. The number of piperazine rings is 1. The van der Waals surface area contributed by atoms with Gasteiger partial charge in [-0.1, -0.05) is 52.7 Å². The van der Waals surface area contributed by atoms with Gasteiger partial charge in [-0.2, -0.15) is 4.98 Å². The van der Waals surface area contributed by atoms with Crippen molar-refractivity contribution in [2.45, 2.75) is 20.4 Å². The molecule has 0 unspecified atom stereocenters. The van der Waals surface area contributed by atoms with Crippen molar-refractivity contribution in [2.75, 3.05) is 26.2 Å². The molecule has 4 rings (SSSR count). The van der Waals surface area contributed by atoms with Crippen molar-refractivity contribution < 1.29 is 9.32 Å². The summed E-state index contributed by atoms with van der Waals surface area (Å²) in [5.41, 5.74) is 4.06. The number of aryl methyl sites for hydroxylation is 2. The van der Waals surface area contributed by atoms with Gasteiger partial charge in [-0.05, 0) is 26.0 Å². The van der Waals surface area contributed by atoms with Crippen molar-refractivity contribution in [3.8, 4) is 11.4 Å². The number of carbonyl (C=O) groups excluding carboxylic acids is 1. The molecule has 2 aromatic carbocycles. The monoisotopic (exact) mass is 376 g/mol. The molecular formula is C22H24N4O2. The maximum Gasteiger partial charge on any atom is 0.253 e. The van der Waals surface area contributed by atoms with Crippen molar-refractivity contribution in [1.82, 2.24) is 19.9 Å². The van der Waals surface area contributed by atoms with E-state index in [1.54, 1.807) is 0 Å². The van der Waals surface area contributed by atoms with E-state index in [2.05, 4.69) is 22.0 Å². The molecule has 0 aliphatic carbocycles. The molecule has 1 amide bonds. The molecule has 3 aromatic rings. The van der Waals surface area contributed by atoms with E-state index in [0.717, 1.165) is 29.8 Å². The zero-order valence-corrected chi connectivity index (χ0v) is 16.3. The first-order chi connectivity index (χ1) is 13.6. The van der Waals surface area contributed by atoms with Gasteiger partial charge < -0.3 is 9.42 Å². The summed E-state index contributed by atoms with van der Waals surface area (Å²) in [7, 11) is 0. The Morgan fingerprint density at radius 3 is 2.18 bits per heavy atom. The van der Waals surface area contributed by atoms with E-state index < -0.39 is 0 Å². The number of aromatic nitrogens is 2. The Kier molecular flexibility index (Phi) is 5.21. The number of rotatable bonds is 4. The molecule has 6 heteroatoms. The van der Waals surface area contributed by atoms with E-state index in [4.69, 9.17) is 4.52 Å². The van der Waals surface area contributed by atoms with Crippen molar-refractivity contribution in [3.63, 3.8) is 0 Å². The van der Waals surface area contributed by atoms with Crippen LogP contribution in [0.15, 0.2) is 53.1 Å². The van der Waals surface area contributed by atoms with Crippen LogP contribution in [-0.2, 0) is 6.54 Å². The molecule has 1 saturated heterocycles. The van der Waals surface area contributed by atoms with Crippen molar-refractivity contribution >= 4 is 5.91 Å². The number of hydrogen-bond donors (Lipinski definition) is 0. The summed E-state index contributed by atoms with van der Waals surface area (Å²) in [6.45, 7) is 7.66. The SMILES string of the molecule is Cc1ccc(C(=O)N2CCN(Cc3nc(-c4ccc(C)cc4)no3)CC2)cc1. The second kappa shape index (κ2) is 7.94. The average Bonchev–Trinajstić information content (AvgIpc) is 3.18. The van der Waals surface area contributed by atoms with Crippen LogP contribution in [0.4, 0.5) is 0 Å². The number of benzene rings is 2. The normalized spacial score (nSPS) is 15.0. The fourth-order valence-electron chi connectivity index (χ4n) is 3.32. The molecule has 0 bridgehead atoms. The molecular weight excluding hydrogens is 352 g/mol. The van der Waals surface area contributed by atoms with Crippen LogP contribution in [0.25, 0.3) is 11.4 Å². The summed E-state index contributed by atoms with van der Waals surface area (Å²) >= 11 is 0. The molecule has 1 aromatic heterocycles. The highest BCUT2D eigenvalue weighted by Crippen LogP contribution is 2.18. The van der Waals surface area contributed by atoms with E-state index in [1.807, 2.05) is 60.4 Å². The van der Waals surface area contributed by atoms with Gasteiger partial charge in [0.1, 0.15) is 0 Å². The van der Waals surface area contributed by atoms with E-state index in [0.29, 0.717) is 31.3 Å². The molecule has 0 saturated carbocycles. The summed E-state index contributed by atoms with van der Waals surface area (Å²) in [6.07, 6.45) is 0. The minimum atomic E-state index is 0.0964. The van der Waals surface area contributed by atoms with Crippen LogP contribution in [0.1, 0.15) is 27.4 Å². The maximum absolute atomic E-state index is 12.6. The zero-order valence-electron chi connectivity index (χ0n) is 16.3. The van der Waals surface area contributed by atoms with Gasteiger partial charge in [0.2, 0.25) is 11.7 Å². The Morgan fingerprint density at radius 2 is 1.54 bits per heavy atom. The van der Waals surface area contributed by atoms with Crippen LogP contribution < -0.4 is 0 Å². The second-order valence-electron chi connectivity index (χ2n) is 7.31. The molecule has 0 spiro atoms. The molecule has 1 aliphatic heterocycles. The highest BCUT2D eigenvalue weighted by molar-refractivity contribution is 5.94. The van der Waals surface area contributed by atoms with Gasteiger partial charge in [-0.3, -0.25) is 9.69 Å². The predicted molar refractivity (Wildman–Crippen MR) is 107 cm³/mol. The van der Waals surface area contributed by atoms with E-state index in [-0.39, 0.29) is 5.91 Å². The van der Waals surface area contributed by atoms with Crippen LogP contribution in [-0.4, -0.2) is 52.0 Å². The topological polar surface area (TPSA) is 62.5 Å². The molecule has 28 heavy (non-hydrogen) atoms. The quantitative estimate of drug-likeness (QED) is 0.699. The molecule has 0 radical (unpaired) electrons. The van der Waals surface area contributed by atoms with Crippen LogP contribution >= 0.6 is 0 Å². The van der Waals surface area contributed by atoms with E-state index in [9.17, 15) is 4.79 Å². The summed E-state index contributed by atoms with van der Waals surface area (Å²) in [4.78, 5) is 21.3. The minimum absolute atomic E-state index is 0.0964. The second-order valence-corrected chi connectivity index (χ2v) is 7.31. The minimum Gasteiger partial charge on any atom is -0.338 e. The van der Waals surface area contributed by atoms with Gasteiger partial charge >= 0.3 is 0 Å². The van der Waals surface area contributed by atoms with Gasteiger partial charge in [0.15, 0.2) is 0 Å². The lowest BCUT2D eigenvalue weighted by Gasteiger charge is -2.34. The van der Waals surface area contributed by atoms with Crippen LogP contribution in [0, 0.1) is 13.8 Å². The molecule has 1 aliphatic rings. The first-order valence-electron chi connectivity index (χ1n) is 9.56. The summed E-state index contributed by atoms with van der Waals surface area (Å²) in [5.74, 6) is 1.32. The van der Waals surface area contributed by atoms with Crippen molar-refractivity contribution in [3.05, 3.63) is 71.1 Å². The summed E-state index contributed by atoms with van der Waals surface area (Å²) in [5, 5.41) is 4.09. The van der Waals surface area contributed by atoms with Crippen LogP contribution in [0.5, 0.6) is 0 Å². The Bertz CT molecular complexity index is 939. The number of nitrogens with zero attached hydrogens (tertiary/aromatic N) is 4. The fraction of sp³-hybridized carbons (Fsp3) is 0.318. The molecule has 2 heterocycles. The third-order valence-electron chi connectivity index (χ3n) is 5.09. The van der Waals surface area contributed by atoms with Gasteiger partial charge in [0, 0.05) is 37.3 Å². The molecule has 0 atom stereocenters. The molecule has 0 N–H and O–H groups in total. The molecule has 1 fully saturated rings. The number of carbonyl (C=O) groups is 1. The van der Waals surface area contributed by atoms with Gasteiger partial charge in [0.05, 0.1) is 6.54 Å². The Hall–Kier alpha value is -2.99. The highest BCUT2D eigenvalue weighted by Gasteiger charge is 2.23. The summed E-state index contributed by atoms with van der Waals surface area (Å²) < 4.78 is 5.42. The Labute approximate surface area is 164 Å². The lowest BCUT2D eigenvalue weighted by molar-refractivity contribution is 0.0615. The highest BCUT2D eigenvalue weighted by atomic mass is 16.5. The predicted octanol–water partition coefficient (Wildman–Crippen LogP) is 3.31. The standard InChI is InChI=1S/C22H24N4O2/c1-16-3-7-18(8-4-16)21-23-20(28-24-21)15-25-11-13-26(14-12-25)22(27)19-9-5-17(2)6-10-19/h3-10H,11-15H2,1-2H3. The maximum atomic E-state index is 12.6. The first-order valence-corrected chi connectivity index (χ1v) is 9.56. The van der Waals surface area contributed by atoms with E-state index in [1.165, 1.54) is 5.56 Å². The largest absolute Gasteiger partial charge is 0.338 e. The zero-order chi connectivity index (χ0) is 19.5. The number of hydrogen-bond acceptors (Lipinski definition) is 5. The molecule has 6 nitrogen and oxygen atoms in total. The van der Waals surface area contributed by atoms with Gasteiger partial charge in [0.25, 0.3) is 5.91 Å². The average molecular weight is 376 g/mol. The number of amides is 1. The third-order valence-corrected chi connectivity index (χ3v) is 5.09. The van der Waals surface area contributed by atoms with Crippen molar-refractivity contribution in [2.24, 2.45) is 0 Å².